The highest BCUT2D eigenvalue weighted by Gasteiger charge is 2.34. The van der Waals surface area contributed by atoms with E-state index in [0.717, 1.165) is 18.4 Å². The zero-order valence-electron chi connectivity index (χ0n) is 12.8. The van der Waals surface area contributed by atoms with E-state index in [0.29, 0.717) is 5.56 Å². The van der Waals surface area contributed by atoms with Crippen molar-refractivity contribution >= 4 is 11.7 Å². The molecule has 0 unspecified atom stereocenters. The number of amides is 2. The highest BCUT2D eigenvalue weighted by atomic mass is 19.1. The molecule has 1 atom stereocenters. The van der Waals surface area contributed by atoms with E-state index < -0.39 is 17.9 Å². The molecule has 2 N–H and O–H groups in total. The minimum absolute atomic E-state index is 0.116. The van der Waals surface area contributed by atoms with Gasteiger partial charge in [-0.2, -0.15) is 0 Å². The topological polar surface area (TPSA) is 41.1 Å². The van der Waals surface area contributed by atoms with Gasteiger partial charge in [0.05, 0.1) is 11.7 Å². The van der Waals surface area contributed by atoms with Crippen LogP contribution in [0.4, 0.5) is 19.3 Å². The number of aryl methyl sites for hydroxylation is 1. The molecule has 0 radical (unpaired) electrons. The highest BCUT2D eigenvalue weighted by molar-refractivity contribution is 5.89. The van der Waals surface area contributed by atoms with Crippen LogP contribution in [0.3, 0.4) is 0 Å². The fourth-order valence-electron chi connectivity index (χ4n) is 2.64. The van der Waals surface area contributed by atoms with Crippen LogP contribution < -0.4 is 10.6 Å². The number of carbonyl (C=O) groups is 1. The summed E-state index contributed by atoms with van der Waals surface area (Å²) in [5.41, 5.74) is 1.43. The minimum atomic E-state index is -0.533. The van der Waals surface area contributed by atoms with Gasteiger partial charge >= 0.3 is 6.03 Å². The van der Waals surface area contributed by atoms with Crippen LogP contribution in [0.5, 0.6) is 0 Å². The fraction of sp³-hybridized carbons (Fsp3) is 0.278. The lowest BCUT2D eigenvalue weighted by atomic mass is 10.0. The average molecular weight is 316 g/mol. The molecule has 1 fully saturated rings. The van der Waals surface area contributed by atoms with Crippen molar-refractivity contribution in [2.75, 3.05) is 5.32 Å². The molecule has 0 heterocycles. The number of halogens is 2. The van der Waals surface area contributed by atoms with Gasteiger partial charge in [-0.1, -0.05) is 24.3 Å². The zero-order valence-corrected chi connectivity index (χ0v) is 12.8. The summed E-state index contributed by atoms with van der Waals surface area (Å²) in [5.74, 6) is -0.619. The minimum Gasteiger partial charge on any atom is -0.331 e. The molecule has 5 heteroatoms. The predicted octanol–water partition coefficient (Wildman–Crippen LogP) is 4.55. The Morgan fingerprint density at radius 3 is 2.57 bits per heavy atom. The number of carbonyl (C=O) groups excluding carboxylic acids is 1. The van der Waals surface area contributed by atoms with Gasteiger partial charge in [-0.3, -0.25) is 0 Å². The SMILES string of the molecule is Cc1ccc(F)c(NC(=O)N[C@H](c2ccccc2F)C2CC2)c1. The normalized spacial score (nSPS) is 15.1. The number of hydrogen-bond acceptors (Lipinski definition) is 1. The van der Waals surface area contributed by atoms with Crippen LogP contribution in [0.15, 0.2) is 42.5 Å². The first kappa shape index (κ1) is 15.5. The number of rotatable bonds is 4. The van der Waals surface area contributed by atoms with Crippen molar-refractivity contribution in [3.63, 3.8) is 0 Å². The van der Waals surface area contributed by atoms with Gasteiger partial charge in [-0.25, -0.2) is 13.6 Å². The molecule has 0 spiro atoms. The zero-order chi connectivity index (χ0) is 16.4. The van der Waals surface area contributed by atoms with Crippen LogP contribution in [0, 0.1) is 24.5 Å². The van der Waals surface area contributed by atoms with Crippen molar-refractivity contribution in [3.8, 4) is 0 Å². The van der Waals surface area contributed by atoms with Crippen molar-refractivity contribution in [2.24, 2.45) is 5.92 Å². The first-order chi connectivity index (χ1) is 11.0. The number of urea groups is 1. The molecule has 3 rings (SSSR count). The molecule has 1 saturated carbocycles. The summed E-state index contributed by atoms with van der Waals surface area (Å²) < 4.78 is 27.7. The monoisotopic (exact) mass is 316 g/mol. The van der Waals surface area contributed by atoms with E-state index >= 15 is 0 Å². The Morgan fingerprint density at radius 1 is 1.13 bits per heavy atom. The average Bonchev–Trinajstić information content (AvgIpc) is 3.34. The second-order valence-electron chi connectivity index (χ2n) is 5.92. The van der Waals surface area contributed by atoms with Gasteiger partial charge in [-0.05, 0) is 49.4 Å². The molecule has 2 aromatic carbocycles. The van der Waals surface area contributed by atoms with Crippen molar-refractivity contribution < 1.29 is 13.6 Å². The molecule has 1 aliphatic carbocycles. The van der Waals surface area contributed by atoms with Crippen molar-refractivity contribution in [2.45, 2.75) is 25.8 Å². The van der Waals surface area contributed by atoms with Crippen molar-refractivity contribution in [3.05, 3.63) is 65.2 Å². The second-order valence-corrected chi connectivity index (χ2v) is 5.92. The summed E-state index contributed by atoms with van der Waals surface area (Å²) in [4.78, 5) is 12.2. The quantitative estimate of drug-likeness (QED) is 0.854. The molecule has 0 aliphatic heterocycles. The van der Waals surface area contributed by atoms with Crippen LogP contribution in [-0.4, -0.2) is 6.03 Å². The summed E-state index contributed by atoms with van der Waals surface area (Å²) in [6.07, 6.45) is 1.89. The Morgan fingerprint density at radius 2 is 1.87 bits per heavy atom. The van der Waals surface area contributed by atoms with Gasteiger partial charge in [0, 0.05) is 5.56 Å². The van der Waals surface area contributed by atoms with E-state index in [1.807, 2.05) is 6.92 Å². The van der Waals surface area contributed by atoms with Crippen LogP contribution in [0.25, 0.3) is 0 Å². The Hall–Kier alpha value is -2.43. The Kier molecular flexibility index (Phi) is 4.28. The highest BCUT2D eigenvalue weighted by Crippen LogP contribution is 2.41. The van der Waals surface area contributed by atoms with Crippen molar-refractivity contribution in [1.29, 1.82) is 0 Å². The summed E-state index contributed by atoms with van der Waals surface area (Å²) in [6, 6.07) is 9.98. The molecule has 0 saturated heterocycles. The molecule has 0 aromatic heterocycles. The molecule has 2 amide bonds. The van der Waals surface area contributed by atoms with Gasteiger partial charge in [-0.15, -0.1) is 0 Å². The van der Waals surface area contributed by atoms with Crippen molar-refractivity contribution in [1.82, 2.24) is 5.32 Å². The van der Waals surface area contributed by atoms with Crippen LogP contribution in [0.2, 0.25) is 0 Å². The Balaban J connectivity index is 1.75. The van der Waals surface area contributed by atoms with Gasteiger partial charge < -0.3 is 10.6 Å². The predicted molar refractivity (Wildman–Crippen MR) is 85.2 cm³/mol. The van der Waals surface area contributed by atoms with E-state index in [9.17, 15) is 13.6 Å². The van der Waals surface area contributed by atoms with Gasteiger partial charge in [0.2, 0.25) is 0 Å². The van der Waals surface area contributed by atoms with Gasteiger partial charge in [0.25, 0.3) is 0 Å². The van der Waals surface area contributed by atoms with E-state index in [4.69, 9.17) is 0 Å². The second kappa shape index (κ2) is 6.36. The van der Waals surface area contributed by atoms with Gasteiger partial charge in [0.1, 0.15) is 11.6 Å². The molecule has 3 nitrogen and oxygen atoms in total. The third-order valence-electron chi connectivity index (χ3n) is 3.99. The van der Waals surface area contributed by atoms with E-state index in [1.54, 1.807) is 30.3 Å². The molecule has 23 heavy (non-hydrogen) atoms. The largest absolute Gasteiger partial charge is 0.331 e. The van der Waals surface area contributed by atoms with Crippen LogP contribution in [-0.2, 0) is 0 Å². The number of anilines is 1. The Labute approximate surface area is 133 Å². The lowest BCUT2D eigenvalue weighted by molar-refractivity contribution is 0.246. The maximum atomic E-state index is 14.0. The molecular weight excluding hydrogens is 298 g/mol. The first-order valence-corrected chi connectivity index (χ1v) is 7.62. The molecule has 2 aromatic rings. The molecule has 0 bridgehead atoms. The first-order valence-electron chi connectivity index (χ1n) is 7.62. The maximum Gasteiger partial charge on any atom is 0.319 e. The number of nitrogens with one attached hydrogen (secondary N) is 2. The smallest absolute Gasteiger partial charge is 0.319 e. The summed E-state index contributed by atoms with van der Waals surface area (Å²) in [7, 11) is 0. The summed E-state index contributed by atoms with van der Waals surface area (Å²) in [6.45, 7) is 1.81. The number of benzene rings is 2. The molecule has 1 aliphatic rings. The third-order valence-corrected chi connectivity index (χ3v) is 3.99. The van der Waals surface area contributed by atoms with E-state index in [1.165, 1.54) is 12.1 Å². The lowest BCUT2D eigenvalue weighted by Gasteiger charge is -2.20. The Bertz CT molecular complexity index is 729. The maximum absolute atomic E-state index is 14.0. The molecule has 120 valence electrons. The third kappa shape index (κ3) is 3.67. The van der Waals surface area contributed by atoms with Gasteiger partial charge in [0.15, 0.2) is 0 Å². The fourth-order valence-corrected chi connectivity index (χ4v) is 2.64. The summed E-state index contributed by atoms with van der Waals surface area (Å²) >= 11 is 0. The van der Waals surface area contributed by atoms with E-state index in [-0.39, 0.29) is 17.4 Å². The van der Waals surface area contributed by atoms with E-state index in [2.05, 4.69) is 10.6 Å². The number of hydrogen-bond donors (Lipinski definition) is 2. The molecular formula is C18H18F2N2O. The van der Waals surface area contributed by atoms with Crippen LogP contribution in [0.1, 0.15) is 30.0 Å². The van der Waals surface area contributed by atoms with Crippen LogP contribution >= 0.6 is 0 Å². The lowest BCUT2D eigenvalue weighted by Crippen LogP contribution is -2.34. The summed E-state index contributed by atoms with van der Waals surface area (Å²) in [5, 5.41) is 5.28. The standard InChI is InChI=1S/C18H18F2N2O/c1-11-6-9-15(20)16(10-11)21-18(23)22-17(12-7-8-12)13-4-2-3-5-14(13)19/h2-6,9-10,12,17H,7-8H2,1H3,(H2,21,22,23)/t17-/m0/s1.